The molecule has 0 unspecified atom stereocenters. The summed E-state index contributed by atoms with van der Waals surface area (Å²) in [5, 5.41) is 10.7. The van der Waals surface area contributed by atoms with Gasteiger partial charge in [-0.1, -0.05) is 0 Å². The predicted octanol–water partition coefficient (Wildman–Crippen LogP) is -0.357. The first-order valence-corrected chi connectivity index (χ1v) is 3.95. The molecular weight excluding hydrogens is 186 g/mol. The summed E-state index contributed by atoms with van der Waals surface area (Å²) in [6, 6.07) is 0. The van der Waals surface area contributed by atoms with Gasteiger partial charge in [-0.3, -0.25) is 14.4 Å². The van der Waals surface area contributed by atoms with Gasteiger partial charge < -0.3 is 10.4 Å². The van der Waals surface area contributed by atoms with Gasteiger partial charge in [0.1, 0.15) is 6.54 Å². The van der Waals surface area contributed by atoms with E-state index < -0.39 is 5.97 Å². The lowest BCUT2D eigenvalue weighted by Gasteiger charge is -2.09. The van der Waals surface area contributed by atoms with Gasteiger partial charge in [0.15, 0.2) is 5.78 Å². The van der Waals surface area contributed by atoms with Gasteiger partial charge >= 0.3 is 5.97 Å². The predicted molar refractivity (Wildman–Crippen MR) is 47.5 cm³/mol. The minimum atomic E-state index is -1.09. The Labute approximate surface area is 80.1 Å². The average Bonchev–Trinajstić information content (AvgIpc) is 2.09. The molecule has 0 amide bonds. The van der Waals surface area contributed by atoms with Crippen LogP contribution in [0, 0.1) is 0 Å². The number of rotatable bonds is 3. The van der Waals surface area contributed by atoms with Crippen LogP contribution >= 0.6 is 0 Å². The molecule has 0 heterocycles. The lowest BCUT2D eigenvalue weighted by molar-refractivity contribution is -0.135. The Morgan fingerprint density at radius 2 is 2.00 bits per heavy atom. The van der Waals surface area contributed by atoms with Crippen molar-refractivity contribution in [2.75, 3.05) is 6.54 Å². The van der Waals surface area contributed by atoms with Crippen LogP contribution in [-0.2, 0) is 14.4 Å². The molecule has 0 aromatic rings. The van der Waals surface area contributed by atoms with E-state index in [1.807, 2.05) is 0 Å². The number of carboxylic acid groups (broad SMARTS) is 1. The van der Waals surface area contributed by atoms with Gasteiger partial charge in [0.2, 0.25) is 5.78 Å². The van der Waals surface area contributed by atoms with E-state index in [4.69, 9.17) is 5.11 Å². The van der Waals surface area contributed by atoms with Crippen molar-refractivity contribution in [2.24, 2.45) is 0 Å². The summed E-state index contributed by atoms with van der Waals surface area (Å²) in [4.78, 5) is 32.5. The van der Waals surface area contributed by atoms with Crippen LogP contribution in [-0.4, -0.2) is 29.2 Å². The van der Waals surface area contributed by atoms with E-state index in [0.29, 0.717) is 5.57 Å². The summed E-state index contributed by atoms with van der Waals surface area (Å²) in [7, 11) is 0. The van der Waals surface area contributed by atoms with Crippen molar-refractivity contribution in [3.8, 4) is 0 Å². The van der Waals surface area contributed by atoms with E-state index in [1.54, 1.807) is 0 Å². The summed E-state index contributed by atoms with van der Waals surface area (Å²) in [6.07, 6.45) is 2.30. The van der Waals surface area contributed by atoms with Crippen LogP contribution in [0.2, 0.25) is 0 Å². The van der Waals surface area contributed by atoms with E-state index in [2.05, 4.69) is 5.32 Å². The fourth-order valence-electron chi connectivity index (χ4n) is 0.971. The third-order valence-corrected chi connectivity index (χ3v) is 1.71. The molecule has 0 fully saturated rings. The first-order valence-electron chi connectivity index (χ1n) is 3.95. The van der Waals surface area contributed by atoms with Crippen molar-refractivity contribution in [3.63, 3.8) is 0 Å². The highest BCUT2D eigenvalue weighted by molar-refractivity contribution is 6.19. The van der Waals surface area contributed by atoms with E-state index in [1.165, 1.54) is 13.0 Å². The maximum absolute atomic E-state index is 11.2. The topological polar surface area (TPSA) is 83.5 Å². The highest BCUT2D eigenvalue weighted by atomic mass is 16.4. The second kappa shape index (κ2) is 3.87. The molecule has 0 spiro atoms. The Balaban J connectivity index is 2.72. The summed E-state index contributed by atoms with van der Waals surface area (Å²) in [5.41, 5.74) is 0.388. The molecule has 2 N–H and O–H groups in total. The standard InChI is InChI=1S/C9H9NO4/c1-5-2-8(12)6(3-7(5)11)10-4-9(13)14/h2-3,10H,4H2,1H3,(H,13,14). The van der Waals surface area contributed by atoms with Gasteiger partial charge in [0.25, 0.3) is 0 Å². The summed E-state index contributed by atoms with van der Waals surface area (Å²) >= 11 is 0. The first kappa shape index (κ1) is 10.2. The molecule has 0 bridgehead atoms. The Morgan fingerprint density at radius 1 is 1.36 bits per heavy atom. The van der Waals surface area contributed by atoms with Crippen molar-refractivity contribution in [1.29, 1.82) is 0 Å². The molecule has 0 saturated carbocycles. The molecule has 0 radical (unpaired) electrons. The third kappa shape index (κ3) is 2.29. The van der Waals surface area contributed by atoms with Crippen molar-refractivity contribution in [3.05, 3.63) is 23.4 Å². The van der Waals surface area contributed by atoms with Crippen LogP contribution < -0.4 is 5.32 Å². The van der Waals surface area contributed by atoms with Crippen molar-refractivity contribution in [2.45, 2.75) is 6.92 Å². The molecule has 0 aromatic heterocycles. The summed E-state index contributed by atoms with van der Waals surface area (Å²) < 4.78 is 0. The third-order valence-electron chi connectivity index (χ3n) is 1.71. The molecule has 5 heteroatoms. The van der Waals surface area contributed by atoms with Crippen LogP contribution in [0.25, 0.3) is 0 Å². The minimum absolute atomic E-state index is 0.0306. The lowest BCUT2D eigenvalue weighted by Crippen LogP contribution is -2.28. The average molecular weight is 195 g/mol. The number of nitrogens with one attached hydrogen (secondary N) is 1. The van der Waals surface area contributed by atoms with E-state index >= 15 is 0 Å². The van der Waals surface area contributed by atoms with Gasteiger partial charge in [-0.15, -0.1) is 0 Å². The fourth-order valence-corrected chi connectivity index (χ4v) is 0.971. The van der Waals surface area contributed by atoms with Gasteiger partial charge in [0, 0.05) is 11.6 Å². The van der Waals surface area contributed by atoms with Crippen LogP contribution in [0.4, 0.5) is 0 Å². The van der Waals surface area contributed by atoms with Crippen molar-refractivity contribution < 1.29 is 19.5 Å². The zero-order chi connectivity index (χ0) is 10.7. The quantitative estimate of drug-likeness (QED) is 0.601. The lowest BCUT2D eigenvalue weighted by atomic mass is 10.0. The van der Waals surface area contributed by atoms with Crippen LogP contribution in [0.1, 0.15) is 6.92 Å². The summed E-state index contributed by atoms with van der Waals surface area (Å²) in [6.45, 7) is 1.16. The number of carbonyl (C=O) groups is 3. The SMILES string of the molecule is CC1=CC(=O)C(NCC(=O)O)=CC1=O. The number of carboxylic acids is 1. The number of hydrogen-bond donors (Lipinski definition) is 2. The highest BCUT2D eigenvalue weighted by Gasteiger charge is 2.17. The molecule has 0 saturated heterocycles. The molecule has 74 valence electrons. The van der Waals surface area contributed by atoms with Gasteiger partial charge in [-0.2, -0.15) is 0 Å². The zero-order valence-electron chi connectivity index (χ0n) is 7.53. The largest absolute Gasteiger partial charge is 0.480 e. The van der Waals surface area contributed by atoms with E-state index in [-0.39, 0.29) is 23.8 Å². The maximum Gasteiger partial charge on any atom is 0.322 e. The van der Waals surface area contributed by atoms with E-state index in [9.17, 15) is 14.4 Å². The number of allylic oxidation sites excluding steroid dienone is 3. The molecule has 1 aliphatic carbocycles. The molecule has 1 aliphatic rings. The Morgan fingerprint density at radius 3 is 2.57 bits per heavy atom. The highest BCUT2D eigenvalue weighted by Crippen LogP contribution is 2.08. The molecule has 5 nitrogen and oxygen atoms in total. The van der Waals surface area contributed by atoms with Crippen molar-refractivity contribution >= 4 is 17.5 Å². The minimum Gasteiger partial charge on any atom is -0.480 e. The number of aliphatic carboxylic acids is 1. The molecule has 0 aromatic carbocycles. The Kier molecular flexibility index (Phi) is 2.81. The first-order chi connectivity index (χ1) is 6.50. The number of hydrogen-bond acceptors (Lipinski definition) is 4. The van der Waals surface area contributed by atoms with Crippen molar-refractivity contribution in [1.82, 2.24) is 5.32 Å². The molecule has 1 rings (SSSR count). The smallest absolute Gasteiger partial charge is 0.322 e. The second-order valence-electron chi connectivity index (χ2n) is 2.86. The van der Waals surface area contributed by atoms with Crippen LogP contribution in [0.3, 0.4) is 0 Å². The number of ketones is 2. The fraction of sp³-hybridized carbons (Fsp3) is 0.222. The Hall–Kier alpha value is -1.91. The molecule has 14 heavy (non-hydrogen) atoms. The normalized spacial score (nSPS) is 16.1. The second-order valence-corrected chi connectivity index (χ2v) is 2.86. The number of carbonyl (C=O) groups excluding carboxylic acids is 2. The molecular formula is C9H9NO4. The maximum atomic E-state index is 11.2. The molecule has 0 aliphatic heterocycles. The van der Waals surface area contributed by atoms with Gasteiger partial charge in [0.05, 0.1) is 5.70 Å². The van der Waals surface area contributed by atoms with Gasteiger partial charge in [-0.05, 0) is 13.0 Å². The zero-order valence-corrected chi connectivity index (χ0v) is 7.53. The Bertz CT molecular complexity index is 365. The molecule has 0 atom stereocenters. The van der Waals surface area contributed by atoms with Crippen LogP contribution in [0.15, 0.2) is 23.4 Å². The monoisotopic (exact) mass is 195 g/mol. The van der Waals surface area contributed by atoms with E-state index in [0.717, 1.165) is 6.08 Å². The van der Waals surface area contributed by atoms with Crippen LogP contribution in [0.5, 0.6) is 0 Å². The summed E-state index contributed by atoms with van der Waals surface area (Å²) in [5.74, 6) is -1.74. The van der Waals surface area contributed by atoms with Gasteiger partial charge in [-0.25, -0.2) is 0 Å².